The van der Waals surface area contributed by atoms with Crippen molar-refractivity contribution < 1.29 is 24.0 Å². The Bertz CT molecular complexity index is 835. The van der Waals surface area contributed by atoms with E-state index in [1.165, 1.54) is 4.90 Å². The first-order chi connectivity index (χ1) is 16.6. The summed E-state index contributed by atoms with van der Waals surface area (Å²) in [6.07, 6.45) is 6.72. The maximum Gasteiger partial charge on any atom is 0.315 e. The van der Waals surface area contributed by atoms with Crippen molar-refractivity contribution in [3.05, 3.63) is 0 Å². The lowest BCUT2D eigenvalue weighted by Crippen LogP contribution is -2.61. The maximum absolute atomic E-state index is 13.8. The van der Waals surface area contributed by atoms with Crippen molar-refractivity contribution in [2.75, 3.05) is 6.54 Å². The molecule has 2 aliphatic rings. The third-order valence-electron chi connectivity index (χ3n) is 6.93. The summed E-state index contributed by atoms with van der Waals surface area (Å²) in [4.78, 5) is 65.1. The van der Waals surface area contributed by atoms with Gasteiger partial charge in [-0.05, 0) is 51.4 Å². The number of hydrogen-bond acceptors (Lipinski definition) is 5. The van der Waals surface area contributed by atoms with Crippen LogP contribution in [-0.2, 0) is 19.2 Å². The maximum atomic E-state index is 13.8. The largest absolute Gasteiger partial charge is 0.363 e. The van der Waals surface area contributed by atoms with Gasteiger partial charge in [0.1, 0.15) is 6.04 Å². The smallest absolute Gasteiger partial charge is 0.315 e. The Morgan fingerprint density at radius 2 is 1.47 bits per heavy atom. The minimum Gasteiger partial charge on any atom is -0.363 e. The molecule has 0 radical (unpaired) electrons. The average molecular weight is 508 g/mol. The molecule has 0 aromatic heterocycles. The van der Waals surface area contributed by atoms with Crippen LogP contribution < -0.4 is 21.7 Å². The van der Waals surface area contributed by atoms with Crippen molar-refractivity contribution in [2.24, 2.45) is 17.1 Å². The molecule has 36 heavy (non-hydrogen) atoms. The zero-order valence-corrected chi connectivity index (χ0v) is 22.7. The molecule has 0 spiro atoms. The van der Waals surface area contributed by atoms with Crippen LogP contribution in [-0.4, -0.2) is 64.6 Å². The molecule has 0 saturated heterocycles. The minimum atomic E-state index is -1.08. The van der Waals surface area contributed by atoms with Gasteiger partial charge in [-0.2, -0.15) is 0 Å². The molecule has 2 rings (SSSR count). The number of nitrogens with one attached hydrogen (secondary N) is 3. The third-order valence-corrected chi connectivity index (χ3v) is 6.93. The highest BCUT2D eigenvalue weighted by molar-refractivity contribution is 6.37. The van der Waals surface area contributed by atoms with E-state index in [0.29, 0.717) is 6.42 Å². The van der Waals surface area contributed by atoms with E-state index in [9.17, 15) is 24.0 Å². The number of urea groups is 1. The second-order valence-electron chi connectivity index (χ2n) is 12.4. The average Bonchev–Trinajstić information content (AvgIpc) is 3.23. The molecular formula is C26H45N5O5. The van der Waals surface area contributed by atoms with Gasteiger partial charge in [-0.25, -0.2) is 4.79 Å². The lowest BCUT2D eigenvalue weighted by molar-refractivity contribution is -0.143. The normalized spacial score (nSPS) is 18.5. The standard InChI is InChI=1S/C26H45N5O5/c1-25(2,3)21(29-24(36)30-26(4,5)6)23(35)31(17-12-7-8-13-17)15-19(32)28-18(20(33)22(27)34)14-16-10-9-11-16/h16-18,21H,7-15H2,1-6H3,(H2,27,34)(H,28,32)(H2,29,30,36)/t18?,21-/m1/s1. The van der Waals surface area contributed by atoms with Crippen LogP contribution in [0.3, 0.4) is 0 Å². The number of amides is 5. The van der Waals surface area contributed by atoms with Crippen LogP contribution in [0.2, 0.25) is 0 Å². The molecule has 2 saturated carbocycles. The monoisotopic (exact) mass is 507 g/mol. The quantitative estimate of drug-likeness (QED) is 0.334. The number of carbonyl (C=O) groups excluding carboxylic acids is 5. The Kier molecular flexibility index (Phi) is 9.91. The summed E-state index contributed by atoms with van der Waals surface area (Å²) in [5.41, 5.74) is 4.12. The number of hydrogen-bond donors (Lipinski definition) is 4. The van der Waals surface area contributed by atoms with Crippen LogP contribution >= 0.6 is 0 Å². The van der Waals surface area contributed by atoms with E-state index in [-0.39, 0.29) is 24.4 Å². The summed E-state index contributed by atoms with van der Waals surface area (Å²) in [5.74, 6) is -2.49. The summed E-state index contributed by atoms with van der Waals surface area (Å²) >= 11 is 0. The van der Waals surface area contributed by atoms with E-state index in [0.717, 1.165) is 44.9 Å². The Balaban J connectivity index is 2.21. The van der Waals surface area contributed by atoms with Crippen molar-refractivity contribution in [1.82, 2.24) is 20.9 Å². The Morgan fingerprint density at radius 3 is 1.92 bits per heavy atom. The Hall–Kier alpha value is -2.65. The van der Waals surface area contributed by atoms with Crippen molar-refractivity contribution in [3.8, 4) is 0 Å². The van der Waals surface area contributed by atoms with E-state index in [2.05, 4.69) is 16.0 Å². The van der Waals surface area contributed by atoms with Gasteiger partial charge < -0.3 is 26.6 Å². The number of primary amides is 1. The Morgan fingerprint density at radius 1 is 0.889 bits per heavy atom. The molecule has 0 bridgehead atoms. The first kappa shape index (κ1) is 29.6. The third kappa shape index (κ3) is 8.78. The van der Waals surface area contributed by atoms with Gasteiger partial charge in [0, 0.05) is 11.6 Å². The van der Waals surface area contributed by atoms with Gasteiger partial charge in [-0.3, -0.25) is 19.2 Å². The molecule has 2 fully saturated rings. The predicted octanol–water partition coefficient (Wildman–Crippen LogP) is 2.00. The van der Waals surface area contributed by atoms with E-state index >= 15 is 0 Å². The van der Waals surface area contributed by atoms with Crippen LogP contribution in [0.25, 0.3) is 0 Å². The molecule has 10 nitrogen and oxygen atoms in total. The molecule has 0 heterocycles. The highest BCUT2D eigenvalue weighted by atomic mass is 16.2. The van der Waals surface area contributed by atoms with Crippen LogP contribution in [0.5, 0.6) is 0 Å². The number of nitrogens with two attached hydrogens (primary N) is 1. The van der Waals surface area contributed by atoms with E-state index in [1.54, 1.807) is 0 Å². The molecule has 1 unspecified atom stereocenters. The number of ketones is 1. The minimum absolute atomic E-state index is 0.141. The predicted molar refractivity (Wildman–Crippen MR) is 137 cm³/mol. The molecule has 0 aromatic carbocycles. The molecule has 2 aliphatic carbocycles. The SMILES string of the molecule is CC(C)(C)NC(=O)N[C@H](C(=O)N(CC(=O)NC(CC1CCC1)C(=O)C(N)=O)C1CCCC1)C(C)(C)C. The molecular weight excluding hydrogens is 462 g/mol. The molecule has 5 amide bonds. The molecule has 2 atom stereocenters. The van der Waals surface area contributed by atoms with Crippen molar-refractivity contribution in [3.63, 3.8) is 0 Å². The first-order valence-electron chi connectivity index (χ1n) is 13.1. The number of rotatable bonds is 10. The zero-order chi connectivity index (χ0) is 27.3. The Labute approximate surface area is 214 Å². The summed E-state index contributed by atoms with van der Waals surface area (Å²) in [5, 5.41) is 8.31. The van der Waals surface area contributed by atoms with Crippen LogP contribution in [0.1, 0.15) is 92.9 Å². The fraction of sp³-hybridized carbons (Fsp3) is 0.808. The highest BCUT2D eigenvalue weighted by Gasteiger charge is 2.40. The second kappa shape index (κ2) is 12.1. The van der Waals surface area contributed by atoms with Gasteiger partial charge in [0.25, 0.3) is 5.91 Å². The molecule has 0 aliphatic heterocycles. The van der Waals surface area contributed by atoms with E-state index in [4.69, 9.17) is 5.73 Å². The molecule has 5 N–H and O–H groups in total. The van der Waals surface area contributed by atoms with Gasteiger partial charge in [0.2, 0.25) is 17.6 Å². The van der Waals surface area contributed by atoms with Crippen LogP contribution in [0, 0.1) is 11.3 Å². The van der Waals surface area contributed by atoms with E-state index < -0.39 is 46.7 Å². The van der Waals surface area contributed by atoms with Gasteiger partial charge in [0.05, 0.1) is 12.6 Å². The topological polar surface area (TPSA) is 151 Å². The van der Waals surface area contributed by atoms with Gasteiger partial charge in [-0.1, -0.05) is 52.9 Å². The van der Waals surface area contributed by atoms with Gasteiger partial charge in [0.15, 0.2) is 0 Å². The molecule has 10 heteroatoms. The van der Waals surface area contributed by atoms with Gasteiger partial charge in [-0.15, -0.1) is 0 Å². The summed E-state index contributed by atoms with van der Waals surface area (Å²) < 4.78 is 0. The molecule has 204 valence electrons. The van der Waals surface area contributed by atoms with Crippen molar-refractivity contribution >= 4 is 29.5 Å². The van der Waals surface area contributed by atoms with Crippen LogP contribution in [0.15, 0.2) is 0 Å². The fourth-order valence-corrected chi connectivity index (χ4v) is 4.78. The number of carbonyl (C=O) groups is 5. The summed E-state index contributed by atoms with van der Waals surface area (Å²) in [7, 11) is 0. The van der Waals surface area contributed by atoms with Crippen molar-refractivity contribution in [1.29, 1.82) is 0 Å². The fourth-order valence-electron chi connectivity index (χ4n) is 4.78. The molecule has 0 aromatic rings. The number of Topliss-reactive ketones (excluding diaryl/α,β-unsaturated/α-hetero) is 1. The zero-order valence-electron chi connectivity index (χ0n) is 22.7. The van der Waals surface area contributed by atoms with E-state index in [1.807, 2.05) is 41.5 Å². The van der Waals surface area contributed by atoms with Crippen molar-refractivity contribution in [2.45, 2.75) is 117 Å². The lowest BCUT2D eigenvalue weighted by atomic mass is 9.80. The van der Waals surface area contributed by atoms with Crippen LogP contribution in [0.4, 0.5) is 4.79 Å². The second-order valence-corrected chi connectivity index (χ2v) is 12.4. The summed E-state index contributed by atoms with van der Waals surface area (Å²) in [6.45, 7) is 10.9. The number of nitrogens with zero attached hydrogens (tertiary/aromatic N) is 1. The highest BCUT2D eigenvalue weighted by Crippen LogP contribution is 2.31. The van der Waals surface area contributed by atoms with Gasteiger partial charge >= 0.3 is 6.03 Å². The lowest BCUT2D eigenvalue weighted by Gasteiger charge is -2.38. The first-order valence-corrected chi connectivity index (χ1v) is 13.1. The summed E-state index contributed by atoms with van der Waals surface area (Å²) in [6, 6.07) is -2.46.